The molecule has 208 valence electrons. The second-order valence-electron chi connectivity index (χ2n) is 11.4. The van der Waals surface area contributed by atoms with Crippen LogP contribution in [0.2, 0.25) is 0 Å². The summed E-state index contributed by atoms with van der Waals surface area (Å²) in [6.07, 6.45) is 3.72. The van der Waals surface area contributed by atoms with Crippen LogP contribution in [0.3, 0.4) is 0 Å². The lowest BCUT2D eigenvalue weighted by molar-refractivity contribution is -0.226. The molecular weight excluding hydrogens is 502 g/mol. The molecule has 0 unspecified atom stereocenters. The first-order chi connectivity index (χ1) is 17.3. The van der Waals surface area contributed by atoms with Crippen molar-refractivity contribution in [3.8, 4) is 0 Å². The van der Waals surface area contributed by atoms with E-state index in [4.69, 9.17) is 13.8 Å². The van der Waals surface area contributed by atoms with E-state index in [2.05, 4.69) is 0 Å². The molecule has 10 heteroatoms. The van der Waals surface area contributed by atoms with Gasteiger partial charge >= 0.3 is 7.60 Å². The third-order valence-electron chi connectivity index (χ3n) is 9.84. The predicted octanol–water partition coefficient (Wildman–Crippen LogP) is 4.14. The minimum Gasteiger partial charge on any atom is -0.390 e. The highest BCUT2D eigenvalue weighted by Crippen LogP contribution is 2.71. The van der Waals surface area contributed by atoms with Gasteiger partial charge in [-0.2, -0.15) is 0 Å². The second kappa shape index (κ2) is 9.76. The summed E-state index contributed by atoms with van der Waals surface area (Å²) in [7, 11) is -3.70. The number of alkyl halides is 1. The van der Waals surface area contributed by atoms with E-state index in [0.717, 1.165) is 0 Å². The number of hydrogen-bond acceptors (Lipinski definition) is 8. The molecule has 4 rings (SSSR count). The zero-order valence-electron chi connectivity index (χ0n) is 22.4. The fourth-order valence-corrected chi connectivity index (χ4v) is 9.69. The van der Waals surface area contributed by atoms with Crippen LogP contribution in [0.15, 0.2) is 23.8 Å². The van der Waals surface area contributed by atoms with Crippen LogP contribution in [-0.4, -0.2) is 65.3 Å². The summed E-state index contributed by atoms with van der Waals surface area (Å²) in [6, 6.07) is 0. The number of aliphatic hydroxyl groups is 2. The number of carbonyl (C=O) groups excluding carboxylic acids is 2. The Morgan fingerprint density at radius 1 is 1.22 bits per heavy atom. The van der Waals surface area contributed by atoms with Gasteiger partial charge in [0.1, 0.15) is 18.6 Å². The molecular formula is C27H40FO8P. The largest absolute Gasteiger partial charge is 0.390 e. The summed E-state index contributed by atoms with van der Waals surface area (Å²) >= 11 is 0. The molecule has 8 atom stereocenters. The zero-order valence-corrected chi connectivity index (χ0v) is 23.3. The SMILES string of the molecule is CCOP(=O)(CO[C@]1(C(=O)CO)[C@H](C)C[C@H]2[C@@H]3CCC4=CC(=O)C=C[C@]4(C)[C@@]3(F)[C@@H](O)C[C@@]21C)OCC. The topological polar surface area (TPSA) is 119 Å². The molecule has 3 saturated carbocycles. The van der Waals surface area contributed by atoms with Crippen molar-refractivity contribution >= 4 is 19.2 Å². The molecule has 3 fully saturated rings. The van der Waals surface area contributed by atoms with Crippen LogP contribution in [0.5, 0.6) is 0 Å². The molecule has 37 heavy (non-hydrogen) atoms. The molecule has 0 amide bonds. The molecule has 0 spiro atoms. The standard InChI is InChI=1S/C27H40FO8P/c1-6-35-37(33,36-7-2)16-34-27(23(32)15-29)17(3)12-21-20-9-8-18-13-19(30)10-11-24(18,4)26(20,28)22(31)14-25(21,27)5/h10-11,13,17,20-22,29,31H,6-9,12,14-16H2,1-5H3/t17-,20+,21+,22+,24+,25+,26+,27+/m1/s1. The summed E-state index contributed by atoms with van der Waals surface area (Å²) < 4.78 is 47.7. The van der Waals surface area contributed by atoms with Crippen molar-refractivity contribution in [2.45, 2.75) is 77.7 Å². The molecule has 0 heterocycles. The maximum atomic E-state index is 17.4. The average Bonchev–Trinajstić information content (AvgIpc) is 3.05. The Kier molecular flexibility index (Phi) is 7.59. The highest BCUT2D eigenvalue weighted by Gasteiger charge is 2.76. The average molecular weight is 543 g/mol. The van der Waals surface area contributed by atoms with E-state index < -0.39 is 66.4 Å². The van der Waals surface area contributed by atoms with Gasteiger partial charge in [-0.3, -0.25) is 14.2 Å². The van der Waals surface area contributed by atoms with Gasteiger partial charge in [0, 0.05) is 16.7 Å². The van der Waals surface area contributed by atoms with E-state index in [1.807, 2.05) is 13.8 Å². The molecule has 0 radical (unpaired) electrons. The molecule has 0 aliphatic heterocycles. The molecule has 8 nitrogen and oxygen atoms in total. The first-order valence-electron chi connectivity index (χ1n) is 13.3. The van der Waals surface area contributed by atoms with Crippen molar-refractivity contribution in [3.63, 3.8) is 0 Å². The predicted molar refractivity (Wildman–Crippen MR) is 135 cm³/mol. The second-order valence-corrected chi connectivity index (χ2v) is 13.4. The normalized spacial score (nSPS) is 43.1. The number of hydrogen-bond donors (Lipinski definition) is 2. The lowest BCUT2D eigenvalue weighted by Gasteiger charge is -2.63. The lowest BCUT2D eigenvalue weighted by atomic mass is 9.44. The van der Waals surface area contributed by atoms with E-state index in [9.17, 15) is 24.4 Å². The van der Waals surface area contributed by atoms with Crippen LogP contribution in [0.25, 0.3) is 0 Å². The Balaban J connectivity index is 1.78. The number of rotatable bonds is 9. The highest BCUT2D eigenvalue weighted by molar-refractivity contribution is 7.53. The molecule has 0 saturated heterocycles. The van der Waals surface area contributed by atoms with Gasteiger partial charge in [0.2, 0.25) is 0 Å². The van der Waals surface area contributed by atoms with Crippen molar-refractivity contribution in [2.75, 3.05) is 26.2 Å². The quantitative estimate of drug-likeness (QED) is 0.417. The van der Waals surface area contributed by atoms with Gasteiger partial charge < -0.3 is 24.0 Å². The van der Waals surface area contributed by atoms with Crippen LogP contribution >= 0.6 is 7.60 Å². The maximum absolute atomic E-state index is 17.4. The Labute approximate surface area is 218 Å². The van der Waals surface area contributed by atoms with Crippen LogP contribution in [0.1, 0.15) is 60.3 Å². The van der Waals surface area contributed by atoms with Gasteiger partial charge in [-0.05, 0) is 70.4 Å². The monoisotopic (exact) mass is 542 g/mol. The fraction of sp³-hybridized carbons (Fsp3) is 0.778. The van der Waals surface area contributed by atoms with E-state index in [0.29, 0.717) is 24.8 Å². The fourth-order valence-electron chi connectivity index (χ4n) is 8.32. The number of fused-ring (bicyclic) bond motifs is 5. The summed E-state index contributed by atoms with van der Waals surface area (Å²) in [5.41, 5.74) is -5.20. The smallest absolute Gasteiger partial charge is 0.356 e. The first kappa shape index (κ1) is 28.8. The number of carbonyl (C=O) groups is 2. The van der Waals surface area contributed by atoms with Gasteiger partial charge in [0.15, 0.2) is 17.2 Å². The summed E-state index contributed by atoms with van der Waals surface area (Å²) in [5, 5.41) is 21.6. The van der Waals surface area contributed by atoms with Crippen LogP contribution in [0.4, 0.5) is 4.39 Å². The molecule has 0 aromatic heterocycles. The Morgan fingerprint density at radius 3 is 2.46 bits per heavy atom. The van der Waals surface area contributed by atoms with E-state index >= 15 is 4.39 Å². The molecule has 4 aliphatic carbocycles. The van der Waals surface area contributed by atoms with Gasteiger partial charge in [-0.1, -0.05) is 25.5 Å². The van der Waals surface area contributed by atoms with E-state index in [1.54, 1.807) is 26.8 Å². The van der Waals surface area contributed by atoms with Crippen molar-refractivity contribution in [1.29, 1.82) is 0 Å². The van der Waals surface area contributed by atoms with Gasteiger partial charge in [-0.25, -0.2) is 4.39 Å². The zero-order chi connectivity index (χ0) is 27.4. The molecule has 0 aromatic rings. The number of allylic oxidation sites excluding steroid dienone is 4. The van der Waals surface area contributed by atoms with Crippen LogP contribution in [0, 0.1) is 28.6 Å². The van der Waals surface area contributed by atoms with Crippen LogP contribution in [-0.2, 0) is 27.9 Å². The number of halogens is 1. The van der Waals surface area contributed by atoms with Crippen molar-refractivity contribution < 1.29 is 42.5 Å². The highest BCUT2D eigenvalue weighted by atomic mass is 31.2. The van der Waals surface area contributed by atoms with Crippen molar-refractivity contribution in [3.05, 3.63) is 23.8 Å². The Bertz CT molecular complexity index is 1050. The summed E-state index contributed by atoms with van der Waals surface area (Å²) in [4.78, 5) is 25.6. The Hall–Kier alpha value is -1.22. The third-order valence-corrected chi connectivity index (χ3v) is 11.6. The molecule has 4 aliphatic rings. The van der Waals surface area contributed by atoms with Crippen molar-refractivity contribution in [1.82, 2.24) is 0 Å². The van der Waals surface area contributed by atoms with Crippen LogP contribution < -0.4 is 0 Å². The maximum Gasteiger partial charge on any atom is 0.356 e. The number of ether oxygens (including phenoxy) is 1. The van der Waals surface area contributed by atoms with E-state index in [1.165, 1.54) is 12.2 Å². The minimum atomic E-state index is -3.70. The summed E-state index contributed by atoms with van der Waals surface area (Å²) in [5.74, 6) is -2.22. The molecule has 2 N–H and O–H groups in total. The van der Waals surface area contributed by atoms with Gasteiger partial charge in [-0.15, -0.1) is 0 Å². The molecule has 0 bridgehead atoms. The lowest BCUT2D eigenvalue weighted by Crippen LogP contribution is -2.69. The first-order valence-corrected chi connectivity index (χ1v) is 15.0. The third kappa shape index (κ3) is 3.91. The van der Waals surface area contributed by atoms with E-state index in [-0.39, 0.29) is 31.3 Å². The number of Topliss-reactive ketones (excluding diaryl/α,β-unsaturated/α-hetero) is 1. The summed E-state index contributed by atoms with van der Waals surface area (Å²) in [6.45, 7) is 8.15. The minimum absolute atomic E-state index is 0.0982. The Morgan fingerprint density at radius 2 is 1.86 bits per heavy atom. The number of aliphatic hydroxyl groups excluding tert-OH is 2. The van der Waals surface area contributed by atoms with Gasteiger partial charge in [0.05, 0.1) is 19.3 Å². The van der Waals surface area contributed by atoms with Crippen molar-refractivity contribution in [2.24, 2.45) is 28.6 Å². The van der Waals surface area contributed by atoms with Gasteiger partial charge in [0.25, 0.3) is 0 Å². The number of ketones is 2. The molecule has 0 aromatic carbocycles.